The predicted molar refractivity (Wildman–Crippen MR) is 90.0 cm³/mol. The molecule has 138 valence electrons. The molecule has 0 bridgehead atoms. The molecule has 1 rings (SSSR count). The second-order valence-corrected chi connectivity index (χ2v) is 5.27. The average Bonchev–Trinajstić information content (AvgIpc) is 2.58. The van der Waals surface area contributed by atoms with E-state index >= 15 is 0 Å². The van der Waals surface area contributed by atoms with Crippen molar-refractivity contribution < 1.29 is 24.3 Å². The minimum Gasteiger partial charge on any atom is -0.480 e. The van der Waals surface area contributed by atoms with E-state index in [1.54, 1.807) is 12.1 Å². The third kappa shape index (κ3) is 7.79. The van der Waals surface area contributed by atoms with Crippen LogP contribution in [0.15, 0.2) is 29.4 Å². The molecular formula is C15H18N6O5. The number of carboxylic acids is 1. The van der Waals surface area contributed by atoms with Crippen LogP contribution in [0.1, 0.15) is 18.4 Å². The molecule has 0 aliphatic heterocycles. The summed E-state index contributed by atoms with van der Waals surface area (Å²) in [6, 6.07) is 5.16. The number of carbonyl (C=O) groups is 4. The summed E-state index contributed by atoms with van der Waals surface area (Å²) in [5.41, 5.74) is 14.4. The highest BCUT2D eigenvalue weighted by molar-refractivity contribution is 5.90. The van der Waals surface area contributed by atoms with Gasteiger partial charge in [0.1, 0.15) is 12.6 Å². The molecule has 0 aliphatic rings. The molecule has 11 heteroatoms. The van der Waals surface area contributed by atoms with Crippen molar-refractivity contribution in [1.29, 1.82) is 0 Å². The van der Waals surface area contributed by atoms with Crippen molar-refractivity contribution in [2.24, 2.45) is 10.8 Å². The Hall–Kier alpha value is -3.59. The van der Waals surface area contributed by atoms with Crippen molar-refractivity contribution in [3.05, 3.63) is 40.3 Å². The van der Waals surface area contributed by atoms with Crippen LogP contribution in [0, 0.1) is 0 Å². The smallest absolute Gasteiger partial charge is 0.322 e. The summed E-state index contributed by atoms with van der Waals surface area (Å²) in [7, 11) is 0. The van der Waals surface area contributed by atoms with Crippen molar-refractivity contribution in [3.8, 4) is 0 Å². The lowest BCUT2D eigenvalue weighted by molar-refractivity contribution is -0.138. The average molecular weight is 362 g/mol. The number of azide groups is 1. The van der Waals surface area contributed by atoms with Crippen molar-refractivity contribution in [2.45, 2.75) is 25.3 Å². The normalized spacial score (nSPS) is 10.9. The van der Waals surface area contributed by atoms with Gasteiger partial charge < -0.3 is 21.5 Å². The van der Waals surface area contributed by atoms with E-state index in [2.05, 4.69) is 20.7 Å². The highest BCUT2D eigenvalue weighted by Crippen LogP contribution is 2.13. The fraction of sp³-hybridized carbons (Fsp3) is 0.333. The monoisotopic (exact) mass is 362 g/mol. The number of aliphatic carboxylic acids is 1. The third-order valence-electron chi connectivity index (χ3n) is 3.21. The summed E-state index contributed by atoms with van der Waals surface area (Å²) in [6.07, 6.45) is -0.259. The van der Waals surface area contributed by atoms with Crippen LogP contribution in [0.5, 0.6) is 0 Å². The van der Waals surface area contributed by atoms with Crippen molar-refractivity contribution in [3.63, 3.8) is 0 Å². The van der Waals surface area contributed by atoms with E-state index in [-0.39, 0.29) is 19.3 Å². The lowest BCUT2D eigenvalue weighted by Crippen LogP contribution is -2.48. The molecule has 1 unspecified atom stereocenters. The molecule has 0 fully saturated rings. The zero-order chi connectivity index (χ0) is 19.5. The van der Waals surface area contributed by atoms with Gasteiger partial charge in [-0.2, -0.15) is 0 Å². The number of hydrogen-bond acceptors (Lipinski definition) is 5. The van der Waals surface area contributed by atoms with Gasteiger partial charge in [-0.15, -0.1) is 0 Å². The summed E-state index contributed by atoms with van der Waals surface area (Å²) in [4.78, 5) is 48.2. The van der Waals surface area contributed by atoms with E-state index in [0.717, 1.165) is 0 Å². The SMILES string of the molecule is [N-]=[N+]=Nc1ccc(CC(=O)NC(CCC(N)=O)C(=O)NCC(=O)O)cc1. The van der Waals surface area contributed by atoms with Crippen molar-refractivity contribution in [1.82, 2.24) is 10.6 Å². The molecule has 0 radical (unpaired) electrons. The van der Waals surface area contributed by atoms with Gasteiger partial charge in [0.2, 0.25) is 17.7 Å². The zero-order valence-electron chi connectivity index (χ0n) is 13.7. The summed E-state index contributed by atoms with van der Waals surface area (Å²) in [5, 5.41) is 16.6. The predicted octanol–water partition coefficient (Wildman–Crippen LogP) is 0.122. The third-order valence-corrected chi connectivity index (χ3v) is 3.21. The first-order valence-corrected chi connectivity index (χ1v) is 7.53. The van der Waals surface area contributed by atoms with E-state index in [4.69, 9.17) is 16.4 Å². The first kappa shape index (κ1) is 20.5. The molecule has 0 saturated carbocycles. The maximum Gasteiger partial charge on any atom is 0.322 e. The first-order chi connectivity index (χ1) is 12.3. The van der Waals surface area contributed by atoms with E-state index in [1.807, 2.05) is 0 Å². The molecule has 11 nitrogen and oxygen atoms in total. The molecule has 1 atom stereocenters. The topological polar surface area (TPSA) is 187 Å². The Kier molecular flexibility index (Phi) is 8.11. The summed E-state index contributed by atoms with van der Waals surface area (Å²) in [5.74, 6) is -3.11. The maximum absolute atomic E-state index is 12.1. The highest BCUT2D eigenvalue weighted by atomic mass is 16.4. The fourth-order valence-electron chi connectivity index (χ4n) is 2.00. The summed E-state index contributed by atoms with van der Waals surface area (Å²) >= 11 is 0. The Morgan fingerprint density at radius 2 is 1.88 bits per heavy atom. The second-order valence-electron chi connectivity index (χ2n) is 5.27. The van der Waals surface area contributed by atoms with Crippen molar-refractivity contribution in [2.75, 3.05) is 6.54 Å². The molecule has 26 heavy (non-hydrogen) atoms. The quantitative estimate of drug-likeness (QED) is 0.261. The molecule has 1 aromatic rings. The Labute approximate surface area is 148 Å². The standard InChI is InChI=1S/C15H18N6O5/c16-12(22)6-5-11(15(26)18-8-14(24)25)19-13(23)7-9-1-3-10(4-2-9)20-21-17/h1-4,11H,5-8H2,(H2,16,22)(H,18,26)(H,19,23)(H,24,25). The van der Waals surface area contributed by atoms with Gasteiger partial charge >= 0.3 is 5.97 Å². The number of primary amides is 1. The van der Waals surface area contributed by atoms with Crippen LogP contribution in [-0.2, 0) is 25.6 Å². The first-order valence-electron chi connectivity index (χ1n) is 7.53. The van der Waals surface area contributed by atoms with E-state index in [1.165, 1.54) is 12.1 Å². The maximum atomic E-state index is 12.1. The van der Waals surface area contributed by atoms with Crippen LogP contribution in [-0.4, -0.2) is 41.4 Å². The minimum absolute atomic E-state index is 0.0532. The Morgan fingerprint density at radius 1 is 1.23 bits per heavy atom. The minimum atomic E-state index is -1.24. The molecule has 0 aliphatic carbocycles. The van der Waals surface area contributed by atoms with Gasteiger partial charge in [0.15, 0.2) is 0 Å². The van der Waals surface area contributed by atoms with Gasteiger partial charge in [0.05, 0.1) is 6.42 Å². The van der Waals surface area contributed by atoms with Gasteiger partial charge in [-0.3, -0.25) is 19.2 Å². The molecular weight excluding hydrogens is 344 g/mol. The van der Waals surface area contributed by atoms with Crippen LogP contribution in [0.25, 0.3) is 10.4 Å². The Morgan fingerprint density at radius 3 is 2.42 bits per heavy atom. The van der Waals surface area contributed by atoms with Crippen LogP contribution in [0.3, 0.4) is 0 Å². The molecule has 0 saturated heterocycles. The Bertz CT molecular complexity index is 727. The van der Waals surface area contributed by atoms with E-state index in [9.17, 15) is 19.2 Å². The number of amides is 3. The molecule has 3 amide bonds. The van der Waals surface area contributed by atoms with E-state index < -0.39 is 36.3 Å². The molecule has 0 spiro atoms. The number of rotatable bonds is 10. The number of nitrogens with zero attached hydrogens (tertiary/aromatic N) is 3. The zero-order valence-corrected chi connectivity index (χ0v) is 13.7. The van der Waals surface area contributed by atoms with E-state index in [0.29, 0.717) is 11.3 Å². The van der Waals surface area contributed by atoms with Crippen molar-refractivity contribution >= 4 is 29.4 Å². The number of benzene rings is 1. The Balaban J connectivity index is 2.70. The van der Waals surface area contributed by atoms with Gasteiger partial charge in [-0.05, 0) is 17.5 Å². The molecule has 1 aromatic carbocycles. The number of carboxylic acid groups (broad SMARTS) is 1. The van der Waals surface area contributed by atoms with Gasteiger partial charge in [-0.25, -0.2) is 0 Å². The molecule has 0 heterocycles. The number of nitrogens with two attached hydrogens (primary N) is 1. The molecule has 0 aromatic heterocycles. The summed E-state index contributed by atoms with van der Waals surface area (Å²) in [6.45, 7) is -0.608. The fourth-order valence-corrected chi connectivity index (χ4v) is 2.00. The van der Waals surface area contributed by atoms with Crippen LogP contribution in [0.2, 0.25) is 0 Å². The number of carbonyl (C=O) groups excluding carboxylic acids is 3. The van der Waals surface area contributed by atoms with Crippen LogP contribution in [0.4, 0.5) is 5.69 Å². The summed E-state index contributed by atoms with van der Waals surface area (Å²) < 4.78 is 0. The van der Waals surface area contributed by atoms with Gasteiger partial charge in [0, 0.05) is 17.0 Å². The number of nitrogens with one attached hydrogen (secondary N) is 2. The van der Waals surface area contributed by atoms with Gasteiger partial charge in [-0.1, -0.05) is 29.4 Å². The highest BCUT2D eigenvalue weighted by Gasteiger charge is 2.21. The van der Waals surface area contributed by atoms with Gasteiger partial charge in [0.25, 0.3) is 0 Å². The van der Waals surface area contributed by atoms with Crippen LogP contribution >= 0.6 is 0 Å². The lowest BCUT2D eigenvalue weighted by Gasteiger charge is -2.17. The molecule has 5 N–H and O–H groups in total. The number of hydrogen-bond donors (Lipinski definition) is 4. The second kappa shape index (κ2) is 10.3. The largest absolute Gasteiger partial charge is 0.480 e. The lowest BCUT2D eigenvalue weighted by atomic mass is 10.1. The van der Waals surface area contributed by atoms with Crippen LogP contribution < -0.4 is 16.4 Å².